The smallest absolute Gasteiger partial charge is 0.183 e. The molecule has 1 aromatic heterocycles. The Morgan fingerprint density at radius 3 is 2.56 bits per heavy atom. The number of nitrogens with zero attached hydrogens (tertiary/aromatic N) is 1. The van der Waals surface area contributed by atoms with Gasteiger partial charge in [-0.3, -0.25) is 0 Å². The number of benzene rings is 1. The summed E-state index contributed by atoms with van der Waals surface area (Å²) in [5.74, 6) is 0.576. The predicted octanol–water partition coefficient (Wildman–Crippen LogP) is 4.02. The Balaban J connectivity index is 2.01. The van der Waals surface area contributed by atoms with Gasteiger partial charge in [0.1, 0.15) is 0 Å². The van der Waals surface area contributed by atoms with Crippen LogP contribution in [-0.4, -0.2) is 16.9 Å². The van der Waals surface area contributed by atoms with Gasteiger partial charge in [-0.25, -0.2) is 4.98 Å². The van der Waals surface area contributed by atoms with Crippen LogP contribution in [0.4, 0.5) is 5.13 Å². The summed E-state index contributed by atoms with van der Waals surface area (Å²) >= 11 is 7.72. The van der Waals surface area contributed by atoms with E-state index in [1.54, 1.807) is 11.3 Å². The summed E-state index contributed by atoms with van der Waals surface area (Å²) in [7, 11) is 0. The van der Waals surface area contributed by atoms with Crippen LogP contribution in [0.25, 0.3) is 0 Å². The zero-order chi connectivity index (χ0) is 13.0. The van der Waals surface area contributed by atoms with E-state index in [2.05, 4.69) is 41.5 Å². The van der Waals surface area contributed by atoms with Gasteiger partial charge >= 0.3 is 0 Å². The minimum atomic E-state index is 0.221. The van der Waals surface area contributed by atoms with E-state index in [9.17, 15) is 0 Å². The number of halogens is 1. The van der Waals surface area contributed by atoms with Gasteiger partial charge in [0, 0.05) is 16.8 Å². The van der Waals surface area contributed by atoms with Crippen molar-refractivity contribution >= 4 is 28.1 Å². The molecule has 96 valence electrons. The molecule has 1 N–H and O–H groups in total. The highest BCUT2D eigenvalue weighted by atomic mass is 35.5. The van der Waals surface area contributed by atoms with Gasteiger partial charge in [-0.15, -0.1) is 22.9 Å². The molecule has 2 nitrogen and oxygen atoms in total. The monoisotopic (exact) mass is 280 g/mol. The number of aromatic nitrogens is 1. The zero-order valence-corrected chi connectivity index (χ0v) is 12.2. The van der Waals surface area contributed by atoms with Crippen molar-refractivity contribution in [1.82, 2.24) is 4.98 Å². The molecule has 0 fully saturated rings. The molecule has 0 bridgehead atoms. The average molecular weight is 281 g/mol. The first-order chi connectivity index (χ1) is 8.69. The van der Waals surface area contributed by atoms with Gasteiger partial charge in [-0.05, 0) is 25.8 Å². The van der Waals surface area contributed by atoms with E-state index < -0.39 is 0 Å². The summed E-state index contributed by atoms with van der Waals surface area (Å²) in [6, 6.07) is 10.6. The number of anilines is 1. The summed E-state index contributed by atoms with van der Waals surface area (Å²) in [5, 5.41) is 4.38. The van der Waals surface area contributed by atoms with E-state index in [0.29, 0.717) is 5.88 Å². The third kappa shape index (κ3) is 3.47. The van der Waals surface area contributed by atoms with E-state index >= 15 is 0 Å². The lowest BCUT2D eigenvalue weighted by Crippen LogP contribution is -2.23. The van der Waals surface area contributed by atoms with Crippen LogP contribution in [0.5, 0.6) is 0 Å². The molecule has 4 heteroatoms. The van der Waals surface area contributed by atoms with Gasteiger partial charge in [0.15, 0.2) is 5.13 Å². The lowest BCUT2D eigenvalue weighted by molar-refractivity contribution is 0.795. The molecule has 18 heavy (non-hydrogen) atoms. The topological polar surface area (TPSA) is 24.9 Å². The normalized spacial score (nSPS) is 12.4. The molecular weight excluding hydrogens is 264 g/mol. The fraction of sp³-hybridized carbons (Fsp3) is 0.357. The standard InChI is InChI=1S/C14H17ClN2S/c1-10-11(2)18-14(16-10)17-13(9-15)8-12-6-4-3-5-7-12/h3-7,13H,8-9H2,1-2H3,(H,16,17). The quantitative estimate of drug-likeness (QED) is 0.837. The van der Waals surface area contributed by atoms with Crippen LogP contribution in [0.2, 0.25) is 0 Å². The molecule has 1 aromatic carbocycles. The number of alkyl halides is 1. The van der Waals surface area contributed by atoms with Crippen LogP contribution in [0.3, 0.4) is 0 Å². The number of thiazole rings is 1. The Bertz CT molecular complexity index is 476. The van der Waals surface area contributed by atoms with Gasteiger partial charge in [0.25, 0.3) is 0 Å². The maximum Gasteiger partial charge on any atom is 0.183 e. The lowest BCUT2D eigenvalue weighted by Gasteiger charge is -2.15. The second-order valence-corrected chi connectivity index (χ2v) is 5.86. The fourth-order valence-corrected chi connectivity index (χ4v) is 2.83. The van der Waals surface area contributed by atoms with Crippen LogP contribution < -0.4 is 5.32 Å². The van der Waals surface area contributed by atoms with Crippen LogP contribution in [-0.2, 0) is 6.42 Å². The summed E-state index contributed by atoms with van der Waals surface area (Å²) < 4.78 is 0. The number of hydrogen-bond acceptors (Lipinski definition) is 3. The van der Waals surface area contributed by atoms with Gasteiger partial charge in [-0.2, -0.15) is 0 Å². The van der Waals surface area contributed by atoms with E-state index in [1.165, 1.54) is 10.4 Å². The number of hydrogen-bond donors (Lipinski definition) is 1. The Hall–Kier alpha value is -1.06. The highest BCUT2D eigenvalue weighted by molar-refractivity contribution is 7.15. The molecule has 0 aliphatic heterocycles. The Kier molecular flexibility index (Phi) is 4.61. The van der Waals surface area contributed by atoms with Crippen molar-refractivity contribution in [1.29, 1.82) is 0 Å². The molecule has 0 spiro atoms. The third-order valence-corrected chi connectivity index (χ3v) is 4.24. The number of rotatable bonds is 5. The average Bonchev–Trinajstić information content (AvgIpc) is 2.69. The van der Waals surface area contributed by atoms with Crippen molar-refractivity contribution < 1.29 is 0 Å². The van der Waals surface area contributed by atoms with Crippen molar-refractivity contribution in [2.75, 3.05) is 11.2 Å². The first-order valence-electron chi connectivity index (χ1n) is 5.99. The molecule has 2 aromatic rings. The first-order valence-corrected chi connectivity index (χ1v) is 7.34. The van der Waals surface area contributed by atoms with Crippen LogP contribution in [0.1, 0.15) is 16.1 Å². The van der Waals surface area contributed by atoms with Crippen molar-refractivity contribution in [3.8, 4) is 0 Å². The summed E-state index contributed by atoms with van der Waals surface area (Å²) in [4.78, 5) is 5.74. The molecular formula is C14H17ClN2S. The van der Waals surface area contributed by atoms with E-state index in [1.807, 2.05) is 13.0 Å². The van der Waals surface area contributed by atoms with Crippen LogP contribution >= 0.6 is 22.9 Å². The van der Waals surface area contributed by atoms with Crippen LogP contribution in [0, 0.1) is 13.8 Å². The Morgan fingerprint density at radius 2 is 2.00 bits per heavy atom. The summed E-state index contributed by atoms with van der Waals surface area (Å²) in [6.45, 7) is 4.12. The fourth-order valence-electron chi connectivity index (χ4n) is 1.75. The first kappa shape index (κ1) is 13.4. The number of aryl methyl sites for hydroxylation is 2. The molecule has 1 heterocycles. The Labute approximate surface area is 117 Å². The molecule has 0 aliphatic rings. The molecule has 1 atom stereocenters. The minimum Gasteiger partial charge on any atom is -0.357 e. The number of nitrogens with one attached hydrogen (secondary N) is 1. The molecule has 0 radical (unpaired) electrons. The maximum absolute atomic E-state index is 6.03. The highest BCUT2D eigenvalue weighted by Gasteiger charge is 2.11. The summed E-state index contributed by atoms with van der Waals surface area (Å²) in [5.41, 5.74) is 2.39. The van der Waals surface area contributed by atoms with Crippen LogP contribution in [0.15, 0.2) is 30.3 Å². The molecule has 0 amide bonds. The minimum absolute atomic E-state index is 0.221. The largest absolute Gasteiger partial charge is 0.357 e. The van der Waals surface area contributed by atoms with Gasteiger partial charge < -0.3 is 5.32 Å². The van der Waals surface area contributed by atoms with Crippen molar-refractivity contribution in [3.05, 3.63) is 46.5 Å². The van der Waals surface area contributed by atoms with E-state index in [-0.39, 0.29) is 6.04 Å². The Morgan fingerprint density at radius 1 is 1.28 bits per heavy atom. The molecule has 1 unspecified atom stereocenters. The molecule has 0 saturated heterocycles. The molecule has 0 aliphatic carbocycles. The SMILES string of the molecule is Cc1nc(NC(CCl)Cc2ccccc2)sc1C. The lowest BCUT2D eigenvalue weighted by atomic mass is 10.1. The molecule has 0 saturated carbocycles. The second-order valence-electron chi connectivity index (χ2n) is 4.35. The highest BCUT2D eigenvalue weighted by Crippen LogP contribution is 2.22. The maximum atomic E-state index is 6.03. The predicted molar refractivity (Wildman–Crippen MR) is 79.9 cm³/mol. The third-order valence-electron chi connectivity index (χ3n) is 2.87. The van der Waals surface area contributed by atoms with Gasteiger partial charge in [0.2, 0.25) is 0 Å². The van der Waals surface area contributed by atoms with Gasteiger partial charge in [-0.1, -0.05) is 30.3 Å². The zero-order valence-electron chi connectivity index (χ0n) is 10.6. The second kappa shape index (κ2) is 6.21. The van der Waals surface area contributed by atoms with Crippen molar-refractivity contribution in [2.45, 2.75) is 26.3 Å². The van der Waals surface area contributed by atoms with Crippen molar-refractivity contribution in [2.24, 2.45) is 0 Å². The van der Waals surface area contributed by atoms with E-state index in [0.717, 1.165) is 17.2 Å². The summed E-state index contributed by atoms with van der Waals surface area (Å²) in [6.07, 6.45) is 0.919. The van der Waals surface area contributed by atoms with E-state index in [4.69, 9.17) is 11.6 Å². The molecule has 2 rings (SSSR count). The van der Waals surface area contributed by atoms with Crippen molar-refractivity contribution in [3.63, 3.8) is 0 Å². The van der Waals surface area contributed by atoms with Gasteiger partial charge in [0.05, 0.1) is 5.69 Å².